The number of carbonyl (C=O) groups excluding carboxylic acids is 3. The summed E-state index contributed by atoms with van der Waals surface area (Å²) in [6, 6.07) is 36.8. The number of hydrogen-bond donors (Lipinski definition) is 9. The van der Waals surface area contributed by atoms with E-state index in [1.165, 1.54) is 24.3 Å². The number of nitrogens with one attached hydrogen (secondary N) is 5. The first-order valence-electron chi connectivity index (χ1n) is 33.5. The van der Waals surface area contributed by atoms with Gasteiger partial charge in [-0.2, -0.15) is 10.2 Å². The Bertz CT molecular complexity index is 4490. The van der Waals surface area contributed by atoms with Crippen LogP contribution in [0.15, 0.2) is 146 Å². The van der Waals surface area contributed by atoms with Crippen LogP contribution in [-0.2, 0) is 74.8 Å². The Morgan fingerprint density at radius 3 is 1.33 bits per heavy atom. The van der Waals surface area contributed by atoms with E-state index < -0.39 is 11.8 Å². The monoisotopic (exact) mass is 1350 g/mol. The van der Waals surface area contributed by atoms with Crippen LogP contribution in [0.2, 0.25) is 0 Å². The number of aliphatic hydroxyl groups is 2. The van der Waals surface area contributed by atoms with Gasteiger partial charge in [0.1, 0.15) is 11.6 Å². The number of carboxylic acids is 1. The summed E-state index contributed by atoms with van der Waals surface area (Å²) in [5.74, 6) is -2.75. The van der Waals surface area contributed by atoms with E-state index in [9.17, 15) is 38.2 Å². The number of fused-ring (bicyclic) bond motifs is 2. The van der Waals surface area contributed by atoms with Crippen molar-refractivity contribution < 1.29 is 52.8 Å². The topological polar surface area (TPSA) is 295 Å². The first-order chi connectivity index (χ1) is 48.1. The summed E-state index contributed by atoms with van der Waals surface area (Å²) in [5, 5.41) is 55.0. The second-order valence-corrected chi connectivity index (χ2v) is 24.1. The number of carboxylic acid groups (broad SMARTS) is 1. The molecule has 12 rings (SSSR count). The average molecular weight is 1350 g/mol. The number of pyridine rings is 2. The summed E-state index contributed by atoms with van der Waals surface area (Å²) < 4.78 is 43.3. The molecule has 21 nitrogen and oxygen atoms in total. The molecule has 2 aliphatic heterocycles. The number of aromatic carboxylic acids is 1. The molecule has 0 atom stereocenters. The summed E-state index contributed by atoms with van der Waals surface area (Å²) in [6.07, 6.45) is 8.62. The van der Waals surface area contributed by atoms with Crippen LogP contribution < -0.4 is 32.3 Å². The van der Waals surface area contributed by atoms with Crippen LogP contribution in [0.5, 0.6) is 0 Å². The second-order valence-electron chi connectivity index (χ2n) is 24.1. The average Bonchev–Trinajstić information content (AvgIpc) is 1.68. The molecule has 10 aromatic rings. The fraction of sp³-hybridized carbons (Fsp3) is 0.316. The zero-order valence-corrected chi connectivity index (χ0v) is 56.0. The maximum Gasteiger partial charge on any atom is 0.335 e. The van der Waals surface area contributed by atoms with Gasteiger partial charge in [-0.1, -0.05) is 74.5 Å². The number of halogens is 2. The standard InChI is InChI=1S/C38H41FN6O4.C24H29N5O4.C14H14FNO/c1-3-34-31(35(43-29-13-15-49-16-14-29)32-22-42-45(4-2)36(32)44-34)21-41-38(48)28-10-6-9-27(19-28)37(47)40-20-24-11-12-33(39)30(18-24)26-8-5-7-25(17-26)23-46;1-3-20-18(13-25-23(30)15-6-5-7-16(12-15)24(31)32)21(27-17-8-10-33-11-9-17)19-14-26-29(4-2)22(19)28-20;15-14-5-4-10(8-16)7-13(14)12-3-1-2-11(6-12)9-17/h5-12,17-19,22,29,46H,3-4,13-16,20-21,23H2,1-2H3,(H,40,47)(H,41,48)(H,43,44);5-7,12,14,17H,3-4,8-11,13H2,1-2H3,(H,25,30)(H,27,28)(H,31,32);1-7,17H,8-9,16H2. The lowest BCUT2D eigenvalue weighted by atomic mass is 10.0. The van der Waals surface area contributed by atoms with Crippen molar-refractivity contribution in [3.05, 3.63) is 225 Å². The van der Waals surface area contributed by atoms with E-state index in [4.69, 9.17) is 30.3 Å². The molecule has 0 spiro atoms. The van der Waals surface area contributed by atoms with Gasteiger partial charge in [-0.25, -0.2) is 32.9 Å². The van der Waals surface area contributed by atoms with Crippen molar-refractivity contribution in [2.24, 2.45) is 5.73 Å². The molecular formula is C76H84F2N12O9. The van der Waals surface area contributed by atoms with E-state index in [2.05, 4.69) is 36.8 Å². The van der Waals surface area contributed by atoms with Gasteiger partial charge in [-0.05, 0) is 159 Å². The van der Waals surface area contributed by atoms with Crippen molar-refractivity contribution in [2.45, 2.75) is 131 Å². The number of aliphatic hydroxyl groups excluding tert-OH is 2. The molecular weight excluding hydrogens is 1260 g/mol. The Morgan fingerprint density at radius 2 is 0.919 bits per heavy atom. The van der Waals surface area contributed by atoms with Gasteiger partial charge in [0, 0.05) is 128 Å². The van der Waals surface area contributed by atoms with Gasteiger partial charge in [0.15, 0.2) is 11.3 Å². The number of rotatable bonds is 23. The minimum Gasteiger partial charge on any atom is -0.478 e. The molecule has 99 heavy (non-hydrogen) atoms. The van der Waals surface area contributed by atoms with Gasteiger partial charge in [-0.15, -0.1) is 0 Å². The first-order valence-corrected chi connectivity index (χ1v) is 33.5. The Labute approximate surface area is 573 Å². The molecule has 2 aliphatic rings. The van der Waals surface area contributed by atoms with Crippen LogP contribution >= 0.6 is 0 Å². The fourth-order valence-electron chi connectivity index (χ4n) is 12.1. The van der Waals surface area contributed by atoms with Crippen molar-refractivity contribution in [1.29, 1.82) is 0 Å². The molecule has 516 valence electrons. The number of hydrogen-bond acceptors (Lipinski definition) is 15. The predicted octanol–water partition coefficient (Wildman–Crippen LogP) is 11.4. The molecule has 0 radical (unpaired) electrons. The third kappa shape index (κ3) is 17.7. The smallest absolute Gasteiger partial charge is 0.335 e. The summed E-state index contributed by atoms with van der Waals surface area (Å²) in [7, 11) is 0. The molecule has 0 aliphatic carbocycles. The van der Waals surface area contributed by atoms with Crippen molar-refractivity contribution in [1.82, 2.24) is 45.5 Å². The first kappa shape index (κ1) is 71.5. The highest BCUT2D eigenvalue weighted by atomic mass is 19.1. The van der Waals surface area contributed by atoms with Gasteiger partial charge in [0.05, 0.1) is 53.3 Å². The van der Waals surface area contributed by atoms with Crippen LogP contribution in [0.1, 0.15) is 140 Å². The number of nitrogens with zero attached hydrogens (tertiary/aromatic N) is 6. The zero-order chi connectivity index (χ0) is 70.0. The van der Waals surface area contributed by atoms with Gasteiger partial charge in [0.2, 0.25) is 0 Å². The Morgan fingerprint density at radius 1 is 0.515 bits per heavy atom. The summed E-state index contributed by atoms with van der Waals surface area (Å²) in [5.41, 5.74) is 19.1. The zero-order valence-electron chi connectivity index (χ0n) is 56.0. The third-order valence-corrected chi connectivity index (χ3v) is 17.6. The largest absolute Gasteiger partial charge is 0.478 e. The molecule has 3 amide bonds. The normalized spacial score (nSPS) is 13.2. The van der Waals surface area contributed by atoms with Crippen molar-refractivity contribution in [3.8, 4) is 22.3 Å². The van der Waals surface area contributed by atoms with Gasteiger partial charge in [-0.3, -0.25) is 14.4 Å². The van der Waals surface area contributed by atoms with Crippen LogP contribution in [0.25, 0.3) is 44.3 Å². The number of anilines is 2. The molecule has 2 saturated heterocycles. The summed E-state index contributed by atoms with van der Waals surface area (Å²) in [4.78, 5) is 60.5. The lowest BCUT2D eigenvalue weighted by Gasteiger charge is -2.26. The molecule has 0 saturated carbocycles. The number of amides is 3. The predicted molar refractivity (Wildman–Crippen MR) is 377 cm³/mol. The molecule has 6 heterocycles. The minimum atomic E-state index is -1.07. The fourth-order valence-corrected chi connectivity index (χ4v) is 12.1. The number of aryl methyl sites for hydroxylation is 4. The molecule has 10 N–H and O–H groups in total. The van der Waals surface area contributed by atoms with Crippen LogP contribution in [0, 0.1) is 11.6 Å². The minimum absolute atomic E-state index is 0.0496. The molecule has 0 unspecified atom stereocenters. The molecule has 6 aromatic carbocycles. The molecule has 2 fully saturated rings. The van der Waals surface area contributed by atoms with Crippen molar-refractivity contribution in [3.63, 3.8) is 0 Å². The van der Waals surface area contributed by atoms with Crippen LogP contribution in [-0.4, -0.2) is 107 Å². The lowest BCUT2D eigenvalue weighted by Crippen LogP contribution is -2.30. The highest BCUT2D eigenvalue weighted by molar-refractivity contribution is 6.00. The second kappa shape index (κ2) is 34.3. The highest BCUT2D eigenvalue weighted by Crippen LogP contribution is 2.34. The summed E-state index contributed by atoms with van der Waals surface area (Å²) in [6.45, 7) is 13.3. The quantitative estimate of drug-likeness (QED) is 0.0288. The van der Waals surface area contributed by atoms with E-state index in [0.29, 0.717) is 103 Å². The van der Waals surface area contributed by atoms with Gasteiger partial charge in [0.25, 0.3) is 17.7 Å². The SMILES string of the molecule is CCc1nc2c(cnn2CC)c(NC2CCOCC2)c1CNC(=O)c1cccc(C(=O)NCc2ccc(F)c(-c3cccc(CO)c3)c2)c1.CCc1nc2c(cnn2CC)c(NC2CCOCC2)c1CNC(=O)c1cccc(C(=O)O)c1.NCc1ccc(F)c(-c2cccc(CO)c2)c1. The molecule has 4 aromatic heterocycles. The number of benzene rings is 6. The van der Waals surface area contributed by atoms with E-state index in [0.717, 1.165) is 98.3 Å². The van der Waals surface area contributed by atoms with E-state index in [1.807, 2.05) is 55.5 Å². The molecule has 23 heteroatoms. The Balaban J connectivity index is 0.000000181. The molecule has 0 bridgehead atoms. The number of aromatic nitrogens is 6. The van der Waals surface area contributed by atoms with E-state index in [-0.39, 0.29) is 74.0 Å². The van der Waals surface area contributed by atoms with Crippen molar-refractivity contribution in [2.75, 3.05) is 37.1 Å². The highest BCUT2D eigenvalue weighted by Gasteiger charge is 2.25. The van der Waals surface area contributed by atoms with Crippen LogP contribution in [0.3, 0.4) is 0 Å². The number of carbonyl (C=O) groups is 4. The van der Waals surface area contributed by atoms with E-state index >= 15 is 0 Å². The van der Waals surface area contributed by atoms with Crippen LogP contribution in [0.4, 0.5) is 20.2 Å². The maximum atomic E-state index is 14.7. The number of ether oxygens (including phenoxy) is 2. The number of nitrogens with two attached hydrogens (primary N) is 1. The van der Waals surface area contributed by atoms with Gasteiger partial charge < -0.3 is 57.1 Å². The lowest BCUT2D eigenvalue weighted by molar-refractivity contribution is 0.0696. The summed E-state index contributed by atoms with van der Waals surface area (Å²) >= 11 is 0. The maximum absolute atomic E-state index is 14.7. The Kier molecular flexibility index (Phi) is 24.7. The van der Waals surface area contributed by atoms with Gasteiger partial charge >= 0.3 is 5.97 Å². The Hall–Kier alpha value is -10.3. The van der Waals surface area contributed by atoms with E-state index in [1.54, 1.807) is 103 Å². The van der Waals surface area contributed by atoms with Crippen molar-refractivity contribution >= 4 is 57.1 Å². The third-order valence-electron chi connectivity index (χ3n) is 17.6.